The molecule has 0 saturated carbocycles. The average molecular weight is 204 g/mol. The number of allylic oxidation sites excluding steroid dienone is 1. The van der Waals surface area contributed by atoms with Crippen LogP contribution in [0.1, 0.15) is 20.8 Å². The van der Waals surface area contributed by atoms with Gasteiger partial charge < -0.3 is 10.6 Å². The molecule has 0 bridgehead atoms. The van der Waals surface area contributed by atoms with Crippen LogP contribution in [0.5, 0.6) is 0 Å². The summed E-state index contributed by atoms with van der Waals surface area (Å²) in [4.78, 5) is 10.4. The van der Waals surface area contributed by atoms with E-state index >= 15 is 0 Å². The van der Waals surface area contributed by atoms with Crippen molar-refractivity contribution in [2.75, 3.05) is 7.05 Å². The summed E-state index contributed by atoms with van der Waals surface area (Å²) in [5.41, 5.74) is 6.51. The standard InChI is InChI=1S/C11H16N4/c1-6-11(3,4)14-10-9(8(2)12)13-7-15(10)5/h1,7H,12H2,2-5H3/b9-8-,14-10+. The molecule has 0 aliphatic carbocycles. The molecule has 0 saturated heterocycles. The van der Waals surface area contributed by atoms with Gasteiger partial charge in [-0.15, -0.1) is 6.42 Å². The SMILES string of the molecule is C#CC(C)(C)/N=C1\C(=C(/C)N)N=CN1C. The van der Waals surface area contributed by atoms with Crippen molar-refractivity contribution < 1.29 is 0 Å². The molecule has 0 spiro atoms. The number of aliphatic imine (C=N–C) groups is 2. The van der Waals surface area contributed by atoms with Crippen LogP contribution in [-0.4, -0.2) is 29.7 Å². The van der Waals surface area contributed by atoms with Gasteiger partial charge in [0.05, 0.1) is 6.34 Å². The Morgan fingerprint density at radius 3 is 2.73 bits per heavy atom. The van der Waals surface area contributed by atoms with Crippen molar-refractivity contribution in [1.82, 2.24) is 4.90 Å². The number of hydrogen-bond donors (Lipinski definition) is 1. The van der Waals surface area contributed by atoms with Crippen LogP contribution in [0, 0.1) is 12.3 Å². The molecule has 1 aliphatic rings. The van der Waals surface area contributed by atoms with E-state index in [9.17, 15) is 0 Å². The molecule has 1 aliphatic heterocycles. The molecule has 0 unspecified atom stereocenters. The molecule has 0 fully saturated rings. The van der Waals surface area contributed by atoms with Crippen molar-refractivity contribution in [3.8, 4) is 12.3 Å². The molecule has 4 heteroatoms. The maximum atomic E-state index is 5.72. The second-order valence-corrected chi connectivity index (χ2v) is 4.03. The van der Waals surface area contributed by atoms with E-state index in [1.165, 1.54) is 0 Å². The third-order valence-corrected chi connectivity index (χ3v) is 2.02. The van der Waals surface area contributed by atoms with Gasteiger partial charge in [-0.25, -0.2) is 9.98 Å². The van der Waals surface area contributed by atoms with Crippen molar-refractivity contribution in [2.45, 2.75) is 26.3 Å². The van der Waals surface area contributed by atoms with Gasteiger partial charge in [0, 0.05) is 12.7 Å². The van der Waals surface area contributed by atoms with Crippen LogP contribution in [0.4, 0.5) is 0 Å². The summed E-state index contributed by atoms with van der Waals surface area (Å²) >= 11 is 0. The highest BCUT2D eigenvalue weighted by Gasteiger charge is 2.22. The predicted octanol–water partition coefficient (Wildman–Crippen LogP) is 0.961. The van der Waals surface area contributed by atoms with Crippen molar-refractivity contribution in [2.24, 2.45) is 15.7 Å². The Hall–Kier alpha value is -1.76. The number of amidine groups is 1. The molecular weight excluding hydrogens is 188 g/mol. The molecule has 0 aromatic rings. The zero-order chi connectivity index (χ0) is 11.6. The van der Waals surface area contributed by atoms with E-state index in [1.807, 2.05) is 25.8 Å². The number of terminal acetylenes is 1. The second-order valence-electron chi connectivity index (χ2n) is 4.03. The highest BCUT2D eigenvalue weighted by molar-refractivity contribution is 6.09. The molecule has 15 heavy (non-hydrogen) atoms. The van der Waals surface area contributed by atoms with E-state index in [1.54, 1.807) is 13.3 Å². The van der Waals surface area contributed by atoms with E-state index in [2.05, 4.69) is 15.9 Å². The molecule has 0 aromatic heterocycles. The zero-order valence-corrected chi connectivity index (χ0v) is 9.57. The van der Waals surface area contributed by atoms with Gasteiger partial charge >= 0.3 is 0 Å². The lowest BCUT2D eigenvalue weighted by Gasteiger charge is -2.17. The lowest BCUT2D eigenvalue weighted by molar-refractivity contribution is 0.660. The lowest BCUT2D eigenvalue weighted by atomic mass is 10.1. The Morgan fingerprint density at radius 1 is 1.67 bits per heavy atom. The summed E-state index contributed by atoms with van der Waals surface area (Å²) in [7, 11) is 1.87. The highest BCUT2D eigenvalue weighted by atomic mass is 15.3. The van der Waals surface area contributed by atoms with E-state index in [-0.39, 0.29) is 0 Å². The molecule has 4 nitrogen and oxygen atoms in total. The highest BCUT2D eigenvalue weighted by Crippen LogP contribution is 2.17. The first-order valence-electron chi connectivity index (χ1n) is 4.69. The largest absolute Gasteiger partial charge is 0.400 e. The molecule has 1 rings (SSSR count). The lowest BCUT2D eigenvalue weighted by Crippen LogP contribution is -2.27. The quantitative estimate of drug-likeness (QED) is 0.647. The number of likely N-dealkylation sites (N-methyl/N-ethyl adjacent to an activating group) is 1. The second kappa shape index (κ2) is 3.77. The van der Waals surface area contributed by atoms with Crippen LogP contribution in [0.2, 0.25) is 0 Å². The normalized spacial score (nSPS) is 22.1. The maximum Gasteiger partial charge on any atom is 0.158 e. The van der Waals surface area contributed by atoms with E-state index in [4.69, 9.17) is 12.2 Å². The van der Waals surface area contributed by atoms with Crippen molar-refractivity contribution >= 4 is 12.2 Å². The average Bonchev–Trinajstić information content (AvgIpc) is 2.48. The first-order chi connectivity index (χ1) is 6.87. The molecule has 80 valence electrons. The first kappa shape index (κ1) is 11.3. The third kappa shape index (κ3) is 2.38. The number of rotatable bonds is 1. The number of hydrogen-bond acceptors (Lipinski definition) is 3. The summed E-state index contributed by atoms with van der Waals surface area (Å²) < 4.78 is 0. The molecule has 1 heterocycles. The van der Waals surface area contributed by atoms with Gasteiger partial charge in [-0.3, -0.25) is 0 Å². The number of nitrogens with zero attached hydrogens (tertiary/aromatic N) is 3. The Kier molecular flexibility index (Phi) is 2.85. The summed E-state index contributed by atoms with van der Waals surface area (Å²) in [6, 6.07) is 0. The van der Waals surface area contributed by atoms with Crippen LogP contribution in [0.15, 0.2) is 21.4 Å². The first-order valence-corrected chi connectivity index (χ1v) is 4.69. The molecule has 0 amide bonds. The van der Waals surface area contributed by atoms with Gasteiger partial charge in [0.2, 0.25) is 0 Å². The van der Waals surface area contributed by atoms with Crippen molar-refractivity contribution in [1.29, 1.82) is 0 Å². The number of nitrogens with two attached hydrogens (primary N) is 1. The van der Waals surface area contributed by atoms with Crippen LogP contribution >= 0.6 is 0 Å². The van der Waals surface area contributed by atoms with Gasteiger partial charge in [0.1, 0.15) is 11.2 Å². The fraction of sp³-hybridized carbons (Fsp3) is 0.455. The third-order valence-electron chi connectivity index (χ3n) is 2.02. The smallest absolute Gasteiger partial charge is 0.158 e. The van der Waals surface area contributed by atoms with Crippen molar-refractivity contribution in [3.05, 3.63) is 11.4 Å². The minimum absolute atomic E-state index is 0.544. The molecule has 2 N–H and O–H groups in total. The van der Waals surface area contributed by atoms with Crippen LogP contribution < -0.4 is 5.73 Å². The molecular formula is C11H16N4. The summed E-state index contributed by atoms with van der Waals surface area (Å²) in [6.07, 6.45) is 7.07. The minimum Gasteiger partial charge on any atom is -0.400 e. The Bertz CT molecular complexity index is 389. The maximum absolute atomic E-state index is 5.72. The molecule has 0 radical (unpaired) electrons. The van der Waals surface area contributed by atoms with Crippen LogP contribution in [-0.2, 0) is 0 Å². The predicted molar refractivity (Wildman–Crippen MR) is 63.5 cm³/mol. The van der Waals surface area contributed by atoms with Gasteiger partial charge in [0.15, 0.2) is 5.84 Å². The topological polar surface area (TPSA) is 54.0 Å². The Labute approximate surface area is 90.6 Å². The van der Waals surface area contributed by atoms with Gasteiger partial charge in [0.25, 0.3) is 0 Å². The minimum atomic E-state index is -0.544. The fourth-order valence-electron chi connectivity index (χ4n) is 1.13. The molecule has 0 aromatic carbocycles. The van der Waals surface area contributed by atoms with Crippen LogP contribution in [0.25, 0.3) is 0 Å². The summed E-state index contributed by atoms with van der Waals surface area (Å²) in [5.74, 6) is 3.34. The van der Waals surface area contributed by atoms with Gasteiger partial charge in [-0.2, -0.15) is 0 Å². The zero-order valence-electron chi connectivity index (χ0n) is 9.57. The Balaban J connectivity index is 3.17. The van der Waals surface area contributed by atoms with Gasteiger partial charge in [-0.05, 0) is 20.8 Å². The fourth-order valence-corrected chi connectivity index (χ4v) is 1.13. The summed E-state index contributed by atoms with van der Waals surface area (Å²) in [5, 5.41) is 0. The summed E-state index contributed by atoms with van der Waals surface area (Å²) in [6.45, 7) is 5.54. The van der Waals surface area contributed by atoms with Crippen LogP contribution in [0.3, 0.4) is 0 Å². The molecule has 0 atom stereocenters. The van der Waals surface area contributed by atoms with E-state index in [0.29, 0.717) is 11.4 Å². The van der Waals surface area contributed by atoms with Gasteiger partial charge in [-0.1, -0.05) is 5.92 Å². The monoisotopic (exact) mass is 204 g/mol. The van der Waals surface area contributed by atoms with E-state index in [0.717, 1.165) is 5.84 Å². The Morgan fingerprint density at radius 2 is 2.27 bits per heavy atom. The van der Waals surface area contributed by atoms with Crippen molar-refractivity contribution in [3.63, 3.8) is 0 Å². The van der Waals surface area contributed by atoms with E-state index < -0.39 is 5.54 Å².